The predicted molar refractivity (Wildman–Crippen MR) is 236 cm³/mol. The Hall–Kier alpha value is -0.910. The van der Waals surface area contributed by atoms with Crippen LogP contribution in [0.5, 0.6) is 0 Å². The number of nitrogens with one attached hydrogen (secondary N) is 1. The number of allylic oxidation sites excluding steroid dienone is 2. The van der Waals surface area contributed by atoms with Crippen molar-refractivity contribution >= 4 is 5.91 Å². The van der Waals surface area contributed by atoms with Crippen molar-refractivity contribution in [1.82, 2.24) is 5.32 Å². The predicted octanol–water partition coefficient (Wildman–Crippen LogP) is 14.4. The monoisotopic (exact) mass is 764 g/mol. The molecule has 0 aromatic heterocycles. The van der Waals surface area contributed by atoms with E-state index in [0.29, 0.717) is 12.8 Å². The molecule has 1 amide bonds. The Bertz CT molecular complexity index is 758. The van der Waals surface area contributed by atoms with E-state index in [-0.39, 0.29) is 6.61 Å². The number of hydrogen-bond acceptors (Lipinski definition) is 4. The topological polar surface area (TPSA) is 89.8 Å². The van der Waals surface area contributed by atoms with E-state index in [4.69, 9.17) is 0 Å². The van der Waals surface area contributed by atoms with Gasteiger partial charge in [0.1, 0.15) is 6.10 Å². The van der Waals surface area contributed by atoms with Gasteiger partial charge in [0.25, 0.3) is 0 Å². The second kappa shape index (κ2) is 44.8. The number of carbonyl (C=O) groups excluding carboxylic acids is 1. The highest BCUT2D eigenvalue weighted by atomic mass is 16.3. The summed E-state index contributed by atoms with van der Waals surface area (Å²) in [7, 11) is 0. The molecule has 0 spiro atoms. The Morgan fingerprint density at radius 2 is 0.704 bits per heavy atom. The van der Waals surface area contributed by atoms with Gasteiger partial charge in [0, 0.05) is 0 Å². The highest BCUT2D eigenvalue weighted by molar-refractivity contribution is 5.80. The van der Waals surface area contributed by atoms with E-state index in [1.165, 1.54) is 212 Å². The summed E-state index contributed by atoms with van der Waals surface area (Å²) >= 11 is 0. The van der Waals surface area contributed by atoms with Crippen molar-refractivity contribution in [3.8, 4) is 0 Å². The molecule has 0 aromatic carbocycles. The molecule has 0 aliphatic heterocycles. The molecular weight excluding hydrogens is 667 g/mol. The lowest BCUT2D eigenvalue weighted by Gasteiger charge is -2.23. The molecule has 3 atom stereocenters. The zero-order valence-electron chi connectivity index (χ0n) is 36.6. The maximum Gasteiger partial charge on any atom is 0.249 e. The number of carbonyl (C=O) groups is 1. The number of amides is 1. The third-order valence-corrected chi connectivity index (χ3v) is 11.6. The van der Waals surface area contributed by atoms with Gasteiger partial charge < -0.3 is 20.6 Å². The number of hydrogen-bond donors (Lipinski definition) is 4. The second-order valence-electron chi connectivity index (χ2n) is 17.0. The molecule has 0 fully saturated rings. The molecule has 0 heterocycles. The van der Waals surface area contributed by atoms with Crippen molar-refractivity contribution in [2.24, 2.45) is 0 Å². The van der Waals surface area contributed by atoms with Crippen LogP contribution in [0.3, 0.4) is 0 Å². The normalized spacial score (nSPS) is 13.5. The quantitative estimate of drug-likeness (QED) is 0.0367. The van der Waals surface area contributed by atoms with E-state index in [2.05, 4.69) is 31.3 Å². The molecule has 0 saturated heterocycles. The maximum atomic E-state index is 12.5. The van der Waals surface area contributed by atoms with E-state index < -0.39 is 24.2 Å². The molecule has 54 heavy (non-hydrogen) atoms. The van der Waals surface area contributed by atoms with Crippen LogP contribution in [-0.4, -0.2) is 46.1 Å². The van der Waals surface area contributed by atoms with Gasteiger partial charge in [-0.25, -0.2) is 0 Å². The number of aliphatic hydroxyl groups is 3. The highest BCUT2D eigenvalue weighted by Gasteiger charge is 2.23. The van der Waals surface area contributed by atoms with Crippen LogP contribution in [0.2, 0.25) is 0 Å². The van der Waals surface area contributed by atoms with E-state index in [0.717, 1.165) is 32.1 Å². The zero-order valence-corrected chi connectivity index (χ0v) is 36.6. The minimum atomic E-state index is -1.08. The van der Waals surface area contributed by atoms with Crippen molar-refractivity contribution in [2.75, 3.05) is 6.61 Å². The maximum absolute atomic E-state index is 12.5. The van der Waals surface area contributed by atoms with Gasteiger partial charge in [-0.15, -0.1) is 0 Å². The molecule has 0 bridgehead atoms. The van der Waals surface area contributed by atoms with Gasteiger partial charge in [0.2, 0.25) is 5.91 Å². The van der Waals surface area contributed by atoms with Crippen LogP contribution in [0.4, 0.5) is 0 Å². The van der Waals surface area contributed by atoms with Gasteiger partial charge in [-0.05, 0) is 38.5 Å². The van der Waals surface area contributed by atoms with E-state index in [1.807, 2.05) is 0 Å². The highest BCUT2D eigenvalue weighted by Crippen LogP contribution is 2.17. The molecular formula is C49H97NO4. The lowest BCUT2D eigenvalue weighted by atomic mass is 10.0. The average molecular weight is 764 g/mol. The number of rotatable bonds is 45. The molecule has 0 saturated carbocycles. The van der Waals surface area contributed by atoms with Gasteiger partial charge in [-0.3, -0.25) is 4.79 Å². The average Bonchev–Trinajstić information content (AvgIpc) is 3.18. The summed E-state index contributed by atoms with van der Waals surface area (Å²) in [4.78, 5) is 12.5. The Kier molecular flexibility index (Phi) is 44.0. The van der Waals surface area contributed by atoms with Crippen LogP contribution >= 0.6 is 0 Å². The fourth-order valence-electron chi connectivity index (χ4n) is 7.78. The summed E-state index contributed by atoms with van der Waals surface area (Å²) in [5.41, 5.74) is 0. The molecule has 5 nitrogen and oxygen atoms in total. The molecule has 0 aromatic rings. The molecule has 0 aliphatic carbocycles. The summed E-state index contributed by atoms with van der Waals surface area (Å²) in [5.74, 6) is -0.472. The molecule has 0 aliphatic rings. The lowest BCUT2D eigenvalue weighted by molar-refractivity contribution is -0.131. The van der Waals surface area contributed by atoms with Gasteiger partial charge >= 0.3 is 0 Å². The molecule has 0 rings (SSSR count). The largest absolute Gasteiger partial charge is 0.394 e. The number of aliphatic hydroxyl groups excluding tert-OH is 3. The number of unbranched alkanes of at least 4 members (excludes halogenated alkanes) is 35. The second-order valence-corrected chi connectivity index (χ2v) is 17.0. The third kappa shape index (κ3) is 39.3. The van der Waals surface area contributed by atoms with Gasteiger partial charge in [0.15, 0.2) is 0 Å². The van der Waals surface area contributed by atoms with E-state index >= 15 is 0 Å². The van der Waals surface area contributed by atoms with E-state index in [9.17, 15) is 20.1 Å². The minimum absolute atomic E-state index is 0.312. The van der Waals surface area contributed by atoms with Crippen molar-refractivity contribution in [3.05, 3.63) is 12.2 Å². The standard InChI is InChI=1S/C49H97NO4/c1-3-5-7-9-11-13-15-17-19-21-22-23-24-25-26-27-28-30-31-33-35-37-39-41-43-47(52)46(45-51)50-49(54)48(53)44-42-40-38-36-34-32-29-20-18-16-14-12-10-8-6-4-2/h18,20,46-48,51-53H,3-17,19,21-45H2,1-2H3,(H,50,54)/b20-18-. The van der Waals surface area contributed by atoms with Gasteiger partial charge in [0.05, 0.1) is 18.8 Å². The summed E-state index contributed by atoms with van der Waals surface area (Å²) in [6.07, 6.45) is 53.7. The van der Waals surface area contributed by atoms with Crippen molar-refractivity contribution in [1.29, 1.82) is 0 Å². The van der Waals surface area contributed by atoms with Crippen LogP contribution in [-0.2, 0) is 4.79 Å². The third-order valence-electron chi connectivity index (χ3n) is 11.6. The molecule has 322 valence electrons. The molecule has 4 N–H and O–H groups in total. The summed E-state index contributed by atoms with van der Waals surface area (Å²) in [6, 6.07) is -0.712. The Morgan fingerprint density at radius 1 is 0.426 bits per heavy atom. The fourth-order valence-corrected chi connectivity index (χ4v) is 7.78. The zero-order chi connectivity index (χ0) is 39.4. The van der Waals surface area contributed by atoms with Gasteiger partial charge in [-0.2, -0.15) is 0 Å². The van der Waals surface area contributed by atoms with Crippen LogP contribution < -0.4 is 5.32 Å². The van der Waals surface area contributed by atoms with Crippen LogP contribution in [0.25, 0.3) is 0 Å². The molecule has 5 heteroatoms. The molecule has 3 unspecified atom stereocenters. The van der Waals surface area contributed by atoms with Crippen molar-refractivity contribution in [2.45, 2.75) is 289 Å². The first kappa shape index (κ1) is 53.1. The van der Waals surface area contributed by atoms with E-state index in [1.54, 1.807) is 0 Å². The summed E-state index contributed by atoms with van der Waals surface area (Å²) in [6.45, 7) is 4.25. The summed E-state index contributed by atoms with van der Waals surface area (Å²) in [5, 5.41) is 33.4. The lowest BCUT2D eigenvalue weighted by Crippen LogP contribution is -2.49. The smallest absolute Gasteiger partial charge is 0.249 e. The SMILES string of the molecule is CCCCCCCC/C=C\CCCCCCCCC(O)C(=O)NC(CO)C(O)CCCCCCCCCCCCCCCCCCCCCCCCCC. The minimum Gasteiger partial charge on any atom is -0.394 e. The van der Waals surface area contributed by atoms with Crippen LogP contribution in [0.1, 0.15) is 271 Å². The fraction of sp³-hybridized carbons (Fsp3) is 0.939. The Labute approximate surface area is 338 Å². The van der Waals surface area contributed by atoms with Crippen molar-refractivity contribution < 1.29 is 20.1 Å². The Balaban J connectivity index is 3.55. The molecule has 0 radical (unpaired) electrons. The van der Waals surface area contributed by atoms with Crippen LogP contribution in [0, 0.1) is 0 Å². The first-order valence-corrected chi connectivity index (χ1v) is 24.5. The summed E-state index contributed by atoms with van der Waals surface area (Å²) < 4.78 is 0. The van der Waals surface area contributed by atoms with Crippen LogP contribution in [0.15, 0.2) is 12.2 Å². The Morgan fingerprint density at radius 3 is 1.02 bits per heavy atom. The van der Waals surface area contributed by atoms with Gasteiger partial charge in [-0.1, -0.05) is 244 Å². The first-order valence-electron chi connectivity index (χ1n) is 24.5. The van der Waals surface area contributed by atoms with Crippen molar-refractivity contribution in [3.63, 3.8) is 0 Å². The first-order chi connectivity index (χ1) is 26.6.